The summed E-state index contributed by atoms with van der Waals surface area (Å²) in [5, 5.41) is 0. The molecule has 2 aliphatic carbocycles. The summed E-state index contributed by atoms with van der Waals surface area (Å²) in [5.41, 5.74) is 1.65. The maximum absolute atomic E-state index is 2.51. The Balaban J connectivity index is 2.02. The van der Waals surface area contributed by atoms with Gasteiger partial charge in [0, 0.05) is 0 Å². The molecule has 2 aliphatic rings. The fraction of sp³-hybridized carbons (Fsp3) is 0.778. The first-order valence-corrected chi connectivity index (χ1v) is 11.9. The summed E-state index contributed by atoms with van der Waals surface area (Å²) in [4.78, 5) is 0. The van der Waals surface area contributed by atoms with Gasteiger partial charge in [-0.3, -0.25) is 0 Å². The summed E-state index contributed by atoms with van der Waals surface area (Å²) in [6.45, 7) is 15.0. The van der Waals surface area contributed by atoms with Crippen LogP contribution in [0.1, 0.15) is 91.5 Å². The molecule has 152 valence electrons. The standard InChI is InChI=1S/C27H44/c1-18(2)23-14-12-20(5)16-25(23)27(22-10-8-7-9-11-22)26-17-21(6)13-15-24(26)19(3)4/h7-11,18-21,23-27H,12-17H2,1-6H3. The molecule has 0 heteroatoms. The van der Waals surface area contributed by atoms with Crippen LogP contribution in [0, 0.1) is 47.3 Å². The average Bonchev–Trinajstić information content (AvgIpc) is 2.62. The average molecular weight is 369 g/mol. The fourth-order valence-corrected chi connectivity index (χ4v) is 6.87. The zero-order chi connectivity index (χ0) is 19.6. The van der Waals surface area contributed by atoms with E-state index in [1.54, 1.807) is 5.56 Å². The molecule has 0 amide bonds. The molecule has 2 fully saturated rings. The second kappa shape index (κ2) is 9.15. The Hall–Kier alpha value is -0.780. The van der Waals surface area contributed by atoms with Crippen molar-refractivity contribution >= 4 is 0 Å². The highest BCUT2D eigenvalue weighted by atomic mass is 14.5. The van der Waals surface area contributed by atoms with Crippen LogP contribution in [0.5, 0.6) is 0 Å². The maximum Gasteiger partial charge on any atom is -0.00996 e. The van der Waals surface area contributed by atoms with Gasteiger partial charge >= 0.3 is 0 Å². The second-order valence-electron chi connectivity index (χ2n) is 10.9. The molecule has 2 saturated carbocycles. The van der Waals surface area contributed by atoms with Gasteiger partial charge < -0.3 is 0 Å². The van der Waals surface area contributed by atoms with E-state index in [0.29, 0.717) is 0 Å². The highest BCUT2D eigenvalue weighted by Gasteiger charge is 2.44. The molecule has 27 heavy (non-hydrogen) atoms. The lowest BCUT2D eigenvalue weighted by atomic mass is 9.55. The molecule has 0 heterocycles. The quantitative estimate of drug-likeness (QED) is 0.491. The highest BCUT2D eigenvalue weighted by molar-refractivity contribution is 5.23. The molecule has 0 N–H and O–H groups in total. The van der Waals surface area contributed by atoms with Crippen LogP contribution in [-0.4, -0.2) is 0 Å². The van der Waals surface area contributed by atoms with Gasteiger partial charge in [0.25, 0.3) is 0 Å². The Bertz CT molecular complexity index is 525. The SMILES string of the molecule is CC1CCC(C(C)C)C(C(c2ccccc2)C2CC(C)CCC2C(C)C)C1. The molecular weight excluding hydrogens is 324 g/mol. The molecule has 0 nitrogen and oxygen atoms in total. The molecule has 0 spiro atoms. The van der Waals surface area contributed by atoms with Gasteiger partial charge in [-0.15, -0.1) is 0 Å². The predicted molar refractivity (Wildman–Crippen MR) is 119 cm³/mol. The molecule has 0 aliphatic heterocycles. The van der Waals surface area contributed by atoms with Gasteiger partial charge in [-0.1, -0.05) is 84.7 Å². The molecule has 0 saturated heterocycles. The Morgan fingerprint density at radius 1 is 0.630 bits per heavy atom. The number of rotatable bonds is 5. The number of hydrogen-bond donors (Lipinski definition) is 0. The van der Waals surface area contributed by atoms with E-state index in [2.05, 4.69) is 71.9 Å². The monoisotopic (exact) mass is 368 g/mol. The first-order chi connectivity index (χ1) is 12.9. The highest BCUT2D eigenvalue weighted by Crippen LogP contribution is 2.54. The third-order valence-electron chi connectivity index (χ3n) is 8.25. The normalized spacial score (nSPS) is 36.1. The largest absolute Gasteiger partial charge is 0.0625 e. The third kappa shape index (κ3) is 4.80. The van der Waals surface area contributed by atoms with Crippen molar-refractivity contribution < 1.29 is 0 Å². The summed E-state index contributed by atoms with van der Waals surface area (Å²) in [5.74, 6) is 7.72. The van der Waals surface area contributed by atoms with Crippen molar-refractivity contribution in [2.24, 2.45) is 47.3 Å². The van der Waals surface area contributed by atoms with E-state index in [4.69, 9.17) is 0 Å². The molecule has 3 rings (SSSR count). The van der Waals surface area contributed by atoms with E-state index in [0.717, 1.165) is 53.3 Å². The Kier molecular flexibility index (Phi) is 7.09. The summed E-state index contributed by atoms with van der Waals surface area (Å²) < 4.78 is 0. The van der Waals surface area contributed by atoms with Crippen LogP contribution < -0.4 is 0 Å². The lowest BCUT2D eigenvalue weighted by Crippen LogP contribution is -2.40. The minimum absolute atomic E-state index is 0.761. The van der Waals surface area contributed by atoms with Gasteiger partial charge in [0.15, 0.2) is 0 Å². The third-order valence-corrected chi connectivity index (χ3v) is 8.25. The molecule has 1 aromatic carbocycles. The summed E-state index contributed by atoms with van der Waals surface area (Å²) in [7, 11) is 0. The van der Waals surface area contributed by atoms with Crippen molar-refractivity contribution in [3.8, 4) is 0 Å². The van der Waals surface area contributed by atoms with E-state index in [1.165, 1.54) is 38.5 Å². The maximum atomic E-state index is 2.51. The zero-order valence-corrected chi connectivity index (χ0v) is 18.8. The van der Waals surface area contributed by atoms with Gasteiger partial charge in [-0.25, -0.2) is 0 Å². The molecule has 0 bridgehead atoms. The summed E-state index contributed by atoms with van der Waals surface area (Å²) in [6.07, 6.45) is 8.66. The van der Waals surface area contributed by atoms with E-state index in [9.17, 15) is 0 Å². The fourth-order valence-electron chi connectivity index (χ4n) is 6.87. The van der Waals surface area contributed by atoms with Gasteiger partial charge in [0.2, 0.25) is 0 Å². The number of hydrogen-bond acceptors (Lipinski definition) is 0. The van der Waals surface area contributed by atoms with Crippen LogP contribution >= 0.6 is 0 Å². The van der Waals surface area contributed by atoms with Crippen molar-refractivity contribution in [1.82, 2.24) is 0 Å². The number of benzene rings is 1. The summed E-state index contributed by atoms with van der Waals surface area (Å²) >= 11 is 0. The van der Waals surface area contributed by atoms with E-state index in [-0.39, 0.29) is 0 Å². The molecule has 1 aromatic rings. The van der Waals surface area contributed by atoms with Crippen molar-refractivity contribution in [2.45, 2.75) is 86.0 Å². The van der Waals surface area contributed by atoms with Crippen molar-refractivity contribution in [3.63, 3.8) is 0 Å². The molecule has 0 aromatic heterocycles. The van der Waals surface area contributed by atoms with Gasteiger partial charge in [0.05, 0.1) is 0 Å². The second-order valence-corrected chi connectivity index (χ2v) is 10.9. The van der Waals surface area contributed by atoms with E-state index >= 15 is 0 Å². The van der Waals surface area contributed by atoms with Crippen LogP contribution in [0.4, 0.5) is 0 Å². The lowest BCUT2D eigenvalue weighted by molar-refractivity contribution is 0.0422. The van der Waals surface area contributed by atoms with E-state index in [1.807, 2.05) is 0 Å². The van der Waals surface area contributed by atoms with Crippen LogP contribution in [0.25, 0.3) is 0 Å². The minimum Gasteiger partial charge on any atom is -0.0625 e. The first kappa shape index (κ1) is 20.9. The van der Waals surface area contributed by atoms with Crippen LogP contribution in [0.15, 0.2) is 30.3 Å². The van der Waals surface area contributed by atoms with Crippen molar-refractivity contribution in [3.05, 3.63) is 35.9 Å². The molecule has 6 unspecified atom stereocenters. The predicted octanol–water partition coefficient (Wildman–Crippen LogP) is 8.19. The Labute approximate surface area is 169 Å². The van der Waals surface area contributed by atoms with Gasteiger partial charge in [-0.05, 0) is 84.5 Å². The first-order valence-electron chi connectivity index (χ1n) is 11.9. The smallest absolute Gasteiger partial charge is 0.00996 e. The van der Waals surface area contributed by atoms with Crippen molar-refractivity contribution in [1.29, 1.82) is 0 Å². The molecule has 0 radical (unpaired) electrons. The van der Waals surface area contributed by atoms with E-state index < -0.39 is 0 Å². The Morgan fingerprint density at radius 2 is 1.07 bits per heavy atom. The molecular formula is C27H44. The van der Waals surface area contributed by atoms with Gasteiger partial charge in [0.1, 0.15) is 0 Å². The van der Waals surface area contributed by atoms with Crippen LogP contribution in [0.2, 0.25) is 0 Å². The summed E-state index contributed by atoms with van der Waals surface area (Å²) in [6, 6.07) is 11.7. The zero-order valence-electron chi connectivity index (χ0n) is 18.8. The lowest BCUT2D eigenvalue weighted by Gasteiger charge is -2.49. The van der Waals surface area contributed by atoms with Crippen LogP contribution in [-0.2, 0) is 0 Å². The topological polar surface area (TPSA) is 0 Å². The van der Waals surface area contributed by atoms with Crippen molar-refractivity contribution in [2.75, 3.05) is 0 Å². The minimum atomic E-state index is 0.761. The Morgan fingerprint density at radius 3 is 1.48 bits per heavy atom. The van der Waals surface area contributed by atoms with Gasteiger partial charge in [-0.2, -0.15) is 0 Å². The molecule has 6 atom stereocenters. The van der Waals surface area contributed by atoms with Crippen LogP contribution in [0.3, 0.4) is 0 Å².